The topological polar surface area (TPSA) is 76.9 Å². The Morgan fingerprint density at radius 1 is 1.14 bits per heavy atom. The largest absolute Gasteiger partial charge is 0.300 e. The summed E-state index contributed by atoms with van der Waals surface area (Å²) < 4.78 is 1.42. The van der Waals surface area contributed by atoms with Gasteiger partial charge in [0.05, 0.1) is 22.9 Å². The van der Waals surface area contributed by atoms with Crippen LogP contribution in [0.15, 0.2) is 58.8 Å². The molecule has 6 nitrogen and oxygen atoms in total. The first kappa shape index (κ1) is 17.8. The van der Waals surface area contributed by atoms with E-state index in [1.54, 1.807) is 6.07 Å². The van der Waals surface area contributed by atoms with E-state index in [9.17, 15) is 9.59 Å². The van der Waals surface area contributed by atoms with Gasteiger partial charge in [-0.3, -0.25) is 14.2 Å². The lowest BCUT2D eigenvalue weighted by molar-refractivity contribution is -0.116. The molecule has 2 heterocycles. The number of benzene rings is 2. The minimum Gasteiger partial charge on any atom is -0.300 e. The van der Waals surface area contributed by atoms with E-state index in [1.165, 1.54) is 39.6 Å². The molecule has 4 aromatic rings. The first-order valence-corrected chi connectivity index (χ1v) is 10.4. The molecule has 0 bridgehead atoms. The standard InChI is InChI=1S/C22H18N4O2S/c27-20(12-26-19-7-2-1-6-17(19)23-11-21(26)28)25-22-24-18(13-29-22)16-9-8-14-4-3-5-15(14)10-16/h1-2,6-11,13H,3-5,12H2,(H,24,25,27). The van der Waals surface area contributed by atoms with E-state index >= 15 is 0 Å². The van der Waals surface area contributed by atoms with Gasteiger partial charge in [0.15, 0.2) is 5.13 Å². The van der Waals surface area contributed by atoms with Crippen molar-refractivity contribution >= 4 is 33.4 Å². The number of rotatable bonds is 4. The quantitative estimate of drug-likeness (QED) is 0.565. The lowest BCUT2D eigenvalue weighted by Gasteiger charge is -2.08. The minimum atomic E-state index is -0.309. The zero-order chi connectivity index (χ0) is 19.8. The van der Waals surface area contributed by atoms with Gasteiger partial charge in [-0.15, -0.1) is 11.3 Å². The van der Waals surface area contributed by atoms with Gasteiger partial charge in [0.2, 0.25) is 5.91 Å². The van der Waals surface area contributed by atoms with Gasteiger partial charge in [0.1, 0.15) is 6.54 Å². The number of nitrogens with zero attached hydrogens (tertiary/aromatic N) is 3. The van der Waals surface area contributed by atoms with E-state index in [0.29, 0.717) is 16.2 Å². The van der Waals surface area contributed by atoms with Gasteiger partial charge >= 0.3 is 0 Å². The summed E-state index contributed by atoms with van der Waals surface area (Å²) in [7, 11) is 0. The molecule has 0 spiro atoms. The predicted octanol–water partition coefficient (Wildman–Crippen LogP) is 3.65. The molecule has 0 unspecified atom stereocenters. The molecule has 1 amide bonds. The van der Waals surface area contributed by atoms with Crippen molar-refractivity contribution in [3.8, 4) is 11.3 Å². The molecule has 1 N–H and O–H groups in total. The Bertz CT molecular complexity index is 1290. The summed E-state index contributed by atoms with van der Waals surface area (Å²) in [5, 5.41) is 5.28. The van der Waals surface area contributed by atoms with Crippen molar-refractivity contribution in [1.82, 2.24) is 14.5 Å². The van der Waals surface area contributed by atoms with Gasteiger partial charge in [0, 0.05) is 10.9 Å². The van der Waals surface area contributed by atoms with Crippen LogP contribution in [0.25, 0.3) is 22.3 Å². The number of aryl methyl sites for hydroxylation is 2. The highest BCUT2D eigenvalue weighted by atomic mass is 32.1. The summed E-state index contributed by atoms with van der Waals surface area (Å²) >= 11 is 1.38. The zero-order valence-corrected chi connectivity index (χ0v) is 16.4. The third-order valence-corrected chi connectivity index (χ3v) is 5.96. The monoisotopic (exact) mass is 402 g/mol. The number of thiazole rings is 1. The van der Waals surface area contributed by atoms with Crippen molar-refractivity contribution in [3.05, 3.63) is 75.5 Å². The third kappa shape index (κ3) is 3.45. The normalized spacial score (nSPS) is 12.8. The molecule has 2 aromatic heterocycles. The number of para-hydroxylation sites is 2. The highest BCUT2D eigenvalue weighted by Crippen LogP contribution is 2.30. The van der Waals surface area contributed by atoms with Crippen LogP contribution in [0.1, 0.15) is 17.5 Å². The average Bonchev–Trinajstić information content (AvgIpc) is 3.39. The Kier molecular flexibility index (Phi) is 4.44. The van der Waals surface area contributed by atoms with Crippen LogP contribution in [0.3, 0.4) is 0 Å². The lowest BCUT2D eigenvalue weighted by atomic mass is 10.1. The van der Waals surface area contributed by atoms with Crippen LogP contribution in [0.5, 0.6) is 0 Å². The first-order valence-electron chi connectivity index (χ1n) is 9.49. The van der Waals surface area contributed by atoms with Crippen LogP contribution >= 0.6 is 11.3 Å². The van der Waals surface area contributed by atoms with Crippen molar-refractivity contribution in [1.29, 1.82) is 0 Å². The van der Waals surface area contributed by atoms with Crippen molar-refractivity contribution in [2.24, 2.45) is 0 Å². The van der Waals surface area contributed by atoms with Crippen LogP contribution in [-0.2, 0) is 24.2 Å². The molecule has 1 aliphatic rings. The van der Waals surface area contributed by atoms with Crippen molar-refractivity contribution in [2.45, 2.75) is 25.8 Å². The van der Waals surface area contributed by atoms with Crippen LogP contribution < -0.4 is 10.9 Å². The molecule has 7 heteroatoms. The highest BCUT2D eigenvalue weighted by Gasteiger charge is 2.14. The molecule has 0 saturated heterocycles. The molecule has 0 aliphatic heterocycles. The third-order valence-electron chi connectivity index (χ3n) is 5.20. The van der Waals surface area contributed by atoms with Crippen LogP contribution in [-0.4, -0.2) is 20.4 Å². The summed E-state index contributed by atoms with van der Waals surface area (Å²) in [6.07, 6.45) is 4.72. The van der Waals surface area contributed by atoms with Crippen molar-refractivity contribution < 1.29 is 4.79 Å². The summed E-state index contributed by atoms with van der Waals surface area (Å²) in [4.78, 5) is 33.4. The maximum absolute atomic E-state index is 12.6. The van der Waals surface area contributed by atoms with E-state index in [0.717, 1.165) is 24.1 Å². The number of carbonyl (C=O) groups is 1. The van der Waals surface area contributed by atoms with Crippen LogP contribution in [0.2, 0.25) is 0 Å². The predicted molar refractivity (Wildman–Crippen MR) is 114 cm³/mol. The van der Waals surface area contributed by atoms with Gasteiger partial charge < -0.3 is 5.32 Å². The fourth-order valence-electron chi connectivity index (χ4n) is 3.78. The number of carbonyl (C=O) groups excluding carboxylic acids is 1. The highest BCUT2D eigenvalue weighted by molar-refractivity contribution is 7.14. The second-order valence-corrected chi connectivity index (χ2v) is 7.95. The number of nitrogens with one attached hydrogen (secondary N) is 1. The Balaban J connectivity index is 1.35. The Hall–Kier alpha value is -3.32. The molecular weight excluding hydrogens is 384 g/mol. The van der Waals surface area contributed by atoms with E-state index in [-0.39, 0.29) is 18.0 Å². The van der Waals surface area contributed by atoms with Gasteiger partial charge in [-0.1, -0.05) is 24.3 Å². The maximum atomic E-state index is 12.6. The smallest absolute Gasteiger partial charge is 0.269 e. The summed E-state index contributed by atoms with van der Waals surface area (Å²) in [6.45, 7) is -0.0877. The molecular formula is C22H18N4O2S. The van der Waals surface area contributed by atoms with E-state index in [4.69, 9.17) is 0 Å². The molecule has 0 saturated carbocycles. The maximum Gasteiger partial charge on any atom is 0.269 e. The molecule has 2 aromatic carbocycles. The van der Waals surface area contributed by atoms with Crippen molar-refractivity contribution in [2.75, 3.05) is 5.32 Å². The summed E-state index contributed by atoms with van der Waals surface area (Å²) in [6, 6.07) is 13.7. The second-order valence-electron chi connectivity index (χ2n) is 7.09. The average molecular weight is 402 g/mol. The van der Waals surface area contributed by atoms with E-state index < -0.39 is 0 Å². The van der Waals surface area contributed by atoms with Crippen LogP contribution in [0, 0.1) is 0 Å². The number of amides is 1. The second kappa shape index (κ2) is 7.25. The number of aromatic nitrogens is 3. The fraction of sp³-hybridized carbons (Fsp3) is 0.182. The minimum absolute atomic E-state index is 0.0877. The Morgan fingerprint density at radius 2 is 2.00 bits per heavy atom. The Labute approximate surface area is 170 Å². The molecule has 0 atom stereocenters. The number of anilines is 1. The summed E-state index contributed by atoms with van der Waals surface area (Å²) in [5.74, 6) is -0.293. The lowest BCUT2D eigenvalue weighted by Crippen LogP contribution is -2.27. The van der Waals surface area contributed by atoms with Gasteiger partial charge in [-0.2, -0.15) is 0 Å². The Morgan fingerprint density at radius 3 is 2.93 bits per heavy atom. The van der Waals surface area contributed by atoms with Gasteiger partial charge in [-0.05, 0) is 48.6 Å². The SMILES string of the molecule is O=C(Cn1c(=O)cnc2ccccc21)Nc1nc(-c2ccc3c(c2)CCC3)cs1. The number of hydrogen-bond donors (Lipinski definition) is 1. The molecule has 0 radical (unpaired) electrons. The first-order chi connectivity index (χ1) is 14.2. The molecule has 144 valence electrons. The number of hydrogen-bond acceptors (Lipinski definition) is 5. The van der Waals surface area contributed by atoms with Crippen molar-refractivity contribution in [3.63, 3.8) is 0 Å². The summed E-state index contributed by atoms with van der Waals surface area (Å²) in [5.41, 5.74) is 5.74. The zero-order valence-electron chi connectivity index (χ0n) is 15.6. The van der Waals surface area contributed by atoms with E-state index in [1.807, 2.05) is 23.6 Å². The molecule has 29 heavy (non-hydrogen) atoms. The van der Waals surface area contributed by atoms with E-state index in [2.05, 4.69) is 33.5 Å². The molecule has 5 rings (SSSR count). The molecule has 0 fully saturated rings. The number of fused-ring (bicyclic) bond motifs is 2. The van der Waals surface area contributed by atoms with Gasteiger partial charge in [0.25, 0.3) is 5.56 Å². The fourth-order valence-corrected chi connectivity index (χ4v) is 4.51. The molecule has 1 aliphatic carbocycles. The van der Waals surface area contributed by atoms with Crippen LogP contribution in [0.4, 0.5) is 5.13 Å². The van der Waals surface area contributed by atoms with Gasteiger partial charge in [-0.25, -0.2) is 9.97 Å².